The van der Waals surface area contributed by atoms with Gasteiger partial charge in [-0.25, -0.2) is 4.68 Å². The van der Waals surface area contributed by atoms with Crippen LogP contribution >= 0.6 is 0 Å². The van der Waals surface area contributed by atoms with Crippen LogP contribution in [0, 0.1) is 6.92 Å². The van der Waals surface area contributed by atoms with Crippen LogP contribution in [-0.4, -0.2) is 27.9 Å². The summed E-state index contributed by atoms with van der Waals surface area (Å²) >= 11 is 0. The molecular weight excluding hydrogens is 142 g/mol. The minimum atomic E-state index is 0.603. The van der Waals surface area contributed by atoms with Crippen LogP contribution in [0.1, 0.15) is 5.82 Å². The largest absolute Gasteiger partial charge is 0.353 e. The lowest BCUT2D eigenvalue weighted by Crippen LogP contribution is -2.15. The van der Waals surface area contributed by atoms with Gasteiger partial charge in [0.05, 0.1) is 0 Å². The molecule has 1 heterocycles. The summed E-state index contributed by atoms with van der Waals surface area (Å²) in [6, 6.07) is 0. The predicted octanol–water partition coefficient (Wildman–Crippen LogP) is -0.506. The summed E-state index contributed by atoms with van der Waals surface area (Å²) < 4.78 is 1.70. The van der Waals surface area contributed by atoms with E-state index in [4.69, 9.17) is 5.73 Å². The molecule has 11 heavy (non-hydrogen) atoms. The third-order valence-electron chi connectivity index (χ3n) is 1.30. The van der Waals surface area contributed by atoms with Crippen LogP contribution in [0.2, 0.25) is 0 Å². The molecule has 0 saturated carbocycles. The van der Waals surface area contributed by atoms with Gasteiger partial charge in [-0.05, 0) is 6.92 Å². The smallest absolute Gasteiger partial charge is 0.221 e. The van der Waals surface area contributed by atoms with E-state index in [-0.39, 0.29) is 0 Å². The quantitative estimate of drug-likeness (QED) is 0.617. The highest BCUT2D eigenvalue weighted by Gasteiger charge is 2.00. The van der Waals surface area contributed by atoms with Gasteiger partial charge in [0.1, 0.15) is 5.82 Å². The zero-order valence-electron chi connectivity index (χ0n) is 6.83. The fourth-order valence-corrected chi connectivity index (χ4v) is 0.850. The van der Waals surface area contributed by atoms with Crippen molar-refractivity contribution >= 4 is 5.95 Å². The van der Waals surface area contributed by atoms with E-state index >= 15 is 0 Å². The van der Waals surface area contributed by atoms with Gasteiger partial charge in [-0.2, -0.15) is 10.1 Å². The lowest BCUT2D eigenvalue weighted by Gasteiger charge is -2.00. The van der Waals surface area contributed by atoms with Crippen LogP contribution in [0.25, 0.3) is 0 Å². The summed E-state index contributed by atoms with van der Waals surface area (Å²) in [7, 11) is 1.85. The van der Waals surface area contributed by atoms with Gasteiger partial charge in [0.2, 0.25) is 5.95 Å². The molecule has 1 aromatic rings. The minimum absolute atomic E-state index is 0.603. The summed E-state index contributed by atoms with van der Waals surface area (Å²) in [6.07, 6.45) is 0. The molecule has 0 radical (unpaired) electrons. The highest BCUT2D eigenvalue weighted by Crippen LogP contribution is 1.99. The Morgan fingerprint density at radius 3 is 2.82 bits per heavy atom. The second kappa shape index (κ2) is 3.34. The first-order valence-electron chi connectivity index (χ1n) is 3.55. The first kappa shape index (κ1) is 8.00. The van der Waals surface area contributed by atoms with E-state index in [0.29, 0.717) is 6.54 Å². The molecule has 5 heteroatoms. The number of anilines is 1. The molecule has 62 valence electrons. The van der Waals surface area contributed by atoms with Crippen LogP contribution < -0.4 is 11.1 Å². The normalized spacial score (nSPS) is 10.1. The molecule has 0 fully saturated rings. The Morgan fingerprint density at radius 2 is 2.36 bits per heavy atom. The molecule has 0 aliphatic heterocycles. The van der Waals surface area contributed by atoms with Gasteiger partial charge < -0.3 is 11.1 Å². The van der Waals surface area contributed by atoms with Gasteiger partial charge in [0.25, 0.3) is 0 Å². The maximum absolute atomic E-state index is 5.31. The summed E-state index contributed by atoms with van der Waals surface area (Å²) in [5.41, 5.74) is 5.31. The van der Waals surface area contributed by atoms with E-state index in [1.54, 1.807) is 4.68 Å². The second-order valence-electron chi connectivity index (χ2n) is 2.32. The van der Waals surface area contributed by atoms with Gasteiger partial charge in [-0.3, -0.25) is 0 Å². The molecular formula is C6H13N5. The molecule has 0 aliphatic carbocycles. The van der Waals surface area contributed by atoms with Crippen LogP contribution in [0.15, 0.2) is 0 Å². The number of rotatable bonds is 3. The van der Waals surface area contributed by atoms with Crippen molar-refractivity contribution in [3.63, 3.8) is 0 Å². The van der Waals surface area contributed by atoms with E-state index in [1.165, 1.54) is 0 Å². The molecule has 0 aromatic carbocycles. The molecule has 1 aromatic heterocycles. The number of nitrogens with two attached hydrogens (primary N) is 1. The van der Waals surface area contributed by atoms with Crippen molar-refractivity contribution in [3.8, 4) is 0 Å². The predicted molar refractivity (Wildman–Crippen MR) is 43.3 cm³/mol. The molecule has 0 spiro atoms. The van der Waals surface area contributed by atoms with Crippen molar-refractivity contribution in [3.05, 3.63) is 5.82 Å². The molecule has 0 unspecified atom stereocenters. The lowest BCUT2D eigenvalue weighted by atomic mass is 10.6. The summed E-state index contributed by atoms with van der Waals surface area (Å²) in [5.74, 6) is 1.54. The highest BCUT2D eigenvalue weighted by atomic mass is 15.4. The average Bonchev–Trinajstić information content (AvgIpc) is 2.26. The third-order valence-corrected chi connectivity index (χ3v) is 1.30. The minimum Gasteiger partial charge on any atom is -0.353 e. The standard InChI is InChI=1S/C6H13N5/c1-5-9-6(8-4-3-7)11(2)10-5/h3-4,7H2,1-2H3,(H,8,9,10). The van der Waals surface area contributed by atoms with Gasteiger partial charge >= 0.3 is 0 Å². The molecule has 5 nitrogen and oxygen atoms in total. The Hall–Kier alpha value is -1.10. The zero-order chi connectivity index (χ0) is 8.27. The molecule has 0 aliphatic rings. The fraction of sp³-hybridized carbons (Fsp3) is 0.667. The molecule has 0 amide bonds. The van der Waals surface area contributed by atoms with E-state index in [2.05, 4.69) is 15.4 Å². The number of nitrogens with one attached hydrogen (secondary N) is 1. The summed E-state index contributed by atoms with van der Waals surface area (Å²) in [5, 5.41) is 7.11. The summed E-state index contributed by atoms with van der Waals surface area (Å²) in [6.45, 7) is 3.19. The maximum Gasteiger partial charge on any atom is 0.221 e. The van der Waals surface area contributed by atoms with Crippen molar-refractivity contribution < 1.29 is 0 Å². The van der Waals surface area contributed by atoms with Crippen LogP contribution in [0.3, 0.4) is 0 Å². The Kier molecular flexibility index (Phi) is 2.43. The van der Waals surface area contributed by atoms with Gasteiger partial charge in [0, 0.05) is 20.1 Å². The first-order chi connectivity index (χ1) is 5.24. The topological polar surface area (TPSA) is 68.8 Å². The Labute approximate surface area is 65.6 Å². The number of aryl methyl sites for hydroxylation is 2. The Balaban J connectivity index is 2.62. The van der Waals surface area contributed by atoms with E-state index in [1.807, 2.05) is 14.0 Å². The van der Waals surface area contributed by atoms with E-state index in [9.17, 15) is 0 Å². The number of nitrogens with zero attached hydrogens (tertiary/aromatic N) is 3. The van der Waals surface area contributed by atoms with Crippen molar-refractivity contribution in [2.75, 3.05) is 18.4 Å². The summed E-state index contributed by atoms with van der Waals surface area (Å²) in [4.78, 5) is 4.13. The highest BCUT2D eigenvalue weighted by molar-refractivity contribution is 5.23. The van der Waals surface area contributed by atoms with Crippen molar-refractivity contribution in [2.45, 2.75) is 6.92 Å². The number of hydrogen-bond acceptors (Lipinski definition) is 4. The zero-order valence-corrected chi connectivity index (χ0v) is 6.83. The van der Waals surface area contributed by atoms with Gasteiger partial charge in [0.15, 0.2) is 0 Å². The monoisotopic (exact) mass is 155 g/mol. The number of aromatic nitrogens is 3. The lowest BCUT2D eigenvalue weighted by molar-refractivity contribution is 0.757. The fourth-order valence-electron chi connectivity index (χ4n) is 0.850. The van der Waals surface area contributed by atoms with Crippen LogP contribution in [-0.2, 0) is 7.05 Å². The van der Waals surface area contributed by atoms with Crippen LogP contribution in [0.4, 0.5) is 5.95 Å². The SMILES string of the molecule is Cc1nc(NCCN)n(C)n1. The molecule has 0 atom stereocenters. The van der Waals surface area contributed by atoms with Gasteiger partial charge in [-0.15, -0.1) is 0 Å². The van der Waals surface area contributed by atoms with Crippen molar-refractivity contribution in [1.29, 1.82) is 0 Å². The van der Waals surface area contributed by atoms with Crippen LogP contribution in [0.5, 0.6) is 0 Å². The average molecular weight is 155 g/mol. The Morgan fingerprint density at radius 1 is 1.64 bits per heavy atom. The van der Waals surface area contributed by atoms with E-state index in [0.717, 1.165) is 18.3 Å². The first-order valence-corrected chi connectivity index (χ1v) is 3.55. The van der Waals surface area contributed by atoms with Crippen molar-refractivity contribution in [2.24, 2.45) is 12.8 Å². The maximum atomic E-state index is 5.31. The molecule has 1 rings (SSSR count). The third kappa shape index (κ3) is 1.91. The van der Waals surface area contributed by atoms with Crippen molar-refractivity contribution in [1.82, 2.24) is 14.8 Å². The molecule has 0 bridgehead atoms. The van der Waals surface area contributed by atoms with Gasteiger partial charge in [-0.1, -0.05) is 0 Å². The Bertz CT molecular complexity index is 229. The molecule has 3 N–H and O–H groups in total. The molecule has 0 saturated heterocycles. The second-order valence-corrected chi connectivity index (χ2v) is 2.32. The number of hydrogen-bond donors (Lipinski definition) is 2. The van der Waals surface area contributed by atoms with E-state index < -0.39 is 0 Å².